The quantitative estimate of drug-likeness (QED) is 0.901. The molecule has 1 aliphatic rings. The van der Waals surface area contributed by atoms with E-state index in [1.165, 1.54) is 18.2 Å². The highest BCUT2D eigenvalue weighted by Crippen LogP contribution is 2.23. The molecule has 2 rings (SSSR count). The molecule has 0 aliphatic carbocycles. The molecule has 1 heterocycles. The zero-order valence-electron chi connectivity index (χ0n) is 10.2. The Balaban J connectivity index is 2.17. The van der Waals surface area contributed by atoms with Crippen molar-refractivity contribution in [3.63, 3.8) is 0 Å². The minimum atomic E-state index is -0.405. The molecule has 19 heavy (non-hydrogen) atoms. The van der Waals surface area contributed by atoms with Gasteiger partial charge < -0.3 is 10.6 Å². The van der Waals surface area contributed by atoms with Gasteiger partial charge in [-0.25, -0.2) is 4.39 Å². The first-order valence-corrected chi connectivity index (χ1v) is 6.82. The number of primary amides is 1. The fourth-order valence-corrected chi connectivity index (χ4v) is 2.75. The third kappa shape index (κ3) is 3.12. The highest BCUT2D eigenvalue weighted by atomic mass is 79.9. The molecule has 1 unspecified atom stereocenters. The van der Waals surface area contributed by atoms with Crippen molar-refractivity contribution in [3.8, 4) is 0 Å². The van der Waals surface area contributed by atoms with E-state index in [-0.39, 0.29) is 17.7 Å². The zero-order valence-corrected chi connectivity index (χ0v) is 11.8. The summed E-state index contributed by atoms with van der Waals surface area (Å²) in [7, 11) is 0. The van der Waals surface area contributed by atoms with Gasteiger partial charge in [0.15, 0.2) is 0 Å². The van der Waals surface area contributed by atoms with Crippen molar-refractivity contribution in [3.05, 3.63) is 34.1 Å². The van der Waals surface area contributed by atoms with Gasteiger partial charge in [-0.15, -0.1) is 0 Å². The molecule has 1 aromatic carbocycles. The van der Waals surface area contributed by atoms with Crippen LogP contribution in [-0.4, -0.2) is 29.8 Å². The van der Waals surface area contributed by atoms with Gasteiger partial charge in [-0.2, -0.15) is 0 Å². The Bertz CT molecular complexity index is 521. The summed E-state index contributed by atoms with van der Waals surface area (Å²) in [6, 6.07) is 3.94. The number of nitrogens with two attached hydrogens (primary N) is 1. The molecule has 102 valence electrons. The molecule has 4 nitrogen and oxygen atoms in total. The number of carbonyl (C=O) groups excluding carboxylic acids is 2. The first-order chi connectivity index (χ1) is 8.99. The SMILES string of the molecule is NC(=O)C1CCCN(C(=O)c2ccc(F)cc2Br)C1. The van der Waals surface area contributed by atoms with Gasteiger partial charge >= 0.3 is 0 Å². The van der Waals surface area contributed by atoms with E-state index in [0.717, 1.165) is 6.42 Å². The Morgan fingerprint density at radius 1 is 1.42 bits per heavy atom. The van der Waals surface area contributed by atoms with E-state index in [9.17, 15) is 14.0 Å². The monoisotopic (exact) mass is 328 g/mol. The molecule has 1 saturated heterocycles. The maximum atomic E-state index is 13.0. The predicted octanol–water partition coefficient (Wildman–Crippen LogP) is 1.93. The lowest BCUT2D eigenvalue weighted by Crippen LogP contribution is -2.44. The average molecular weight is 329 g/mol. The van der Waals surface area contributed by atoms with Gasteiger partial charge in [-0.3, -0.25) is 9.59 Å². The number of likely N-dealkylation sites (tertiary alicyclic amines) is 1. The maximum Gasteiger partial charge on any atom is 0.255 e. The van der Waals surface area contributed by atoms with Crippen LogP contribution in [0.15, 0.2) is 22.7 Å². The van der Waals surface area contributed by atoms with E-state index >= 15 is 0 Å². The molecule has 0 bridgehead atoms. The second-order valence-corrected chi connectivity index (χ2v) is 5.47. The smallest absolute Gasteiger partial charge is 0.255 e. The standard InChI is InChI=1S/C13H14BrFN2O2/c14-11-6-9(15)3-4-10(11)13(19)17-5-1-2-8(7-17)12(16)18/h3-4,6,8H,1-2,5,7H2,(H2,16,18). The fourth-order valence-electron chi connectivity index (χ4n) is 2.23. The highest BCUT2D eigenvalue weighted by molar-refractivity contribution is 9.10. The van der Waals surface area contributed by atoms with Crippen molar-refractivity contribution in [2.75, 3.05) is 13.1 Å². The van der Waals surface area contributed by atoms with Crippen LogP contribution >= 0.6 is 15.9 Å². The van der Waals surface area contributed by atoms with Crippen LogP contribution in [0.2, 0.25) is 0 Å². The summed E-state index contributed by atoms with van der Waals surface area (Å²) in [5, 5.41) is 0. The second kappa shape index (κ2) is 5.69. The average Bonchev–Trinajstić information content (AvgIpc) is 2.38. The number of piperidine rings is 1. The minimum absolute atomic E-state index is 0.210. The molecule has 2 N–H and O–H groups in total. The molecule has 1 aliphatic heterocycles. The lowest BCUT2D eigenvalue weighted by molar-refractivity contribution is -0.123. The molecule has 1 fully saturated rings. The van der Waals surface area contributed by atoms with Crippen LogP contribution < -0.4 is 5.73 Å². The van der Waals surface area contributed by atoms with E-state index in [0.29, 0.717) is 29.5 Å². The number of benzene rings is 1. The molecule has 0 radical (unpaired) electrons. The predicted molar refractivity (Wildman–Crippen MR) is 71.9 cm³/mol. The molecule has 1 atom stereocenters. The number of hydrogen-bond acceptors (Lipinski definition) is 2. The van der Waals surface area contributed by atoms with Crippen LogP contribution in [0.5, 0.6) is 0 Å². The van der Waals surface area contributed by atoms with Gasteiger partial charge in [0.1, 0.15) is 5.82 Å². The van der Waals surface area contributed by atoms with E-state index in [4.69, 9.17) is 5.73 Å². The largest absolute Gasteiger partial charge is 0.369 e. The van der Waals surface area contributed by atoms with Crippen LogP contribution in [0.25, 0.3) is 0 Å². The Labute approximate surface area is 118 Å². The Morgan fingerprint density at radius 3 is 2.79 bits per heavy atom. The molecular weight excluding hydrogens is 315 g/mol. The van der Waals surface area contributed by atoms with Crippen LogP contribution in [0.3, 0.4) is 0 Å². The summed E-state index contributed by atoms with van der Waals surface area (Å²) in [5.41, 5.74) is 5.68. The van der Waals surface area contributed by atoms with E-state index < -0.39 is 5.82 Å². The summed E-state index contributed by atoms with van der Waals surface area (Å²) in [6.07, 6.45) is 1.46. The van der Waals surface area contributed by atoms with E-state index in [1.807, 2.05) is 0 Å². The molecular formula is C13H14BrFN2O2. The molecule has 2 amide bonds. The number of nitrogens with zero attached hydrogens (tertiary/aromatic N) is 1. The van der Waals surface area contributed by atoms with Gasteiger partial charge in [0.2, 0.25) is 5.91 Å². The van der Waals surface area contributed by atoms with Gasteiger partial charge in [0.25, 0.3) is 5.91 Å². The first kappa shape index (κ1) is 14.0. The maximum absolute atomic E-state index is 13.0. The number of carbonyl (C=O) groups is 2. The van der Waals surface area contributed by atoms with E-state index in [1.54, 1.807) is 4.90 Å². The lowest BCUT2D eigenvalue weighted by Gasteiger charge is -2.31. The molecule has 1 aromatic rings. The van der Waals surface area contributed by atoms with Crippen molar-refractivity contribution in [2.24, 2.45) is 11.7 Å². The van der Waals surface area contributed by atoms with E-state index in [2.05, 4.69) is 15.9 Å². The normalized spacial score (nSPS) is 19.3. The zero-order chi connectivity index (χ0) is 14.0. The summed E-state index contributed by atoms with van der Waals surface area (Å²) >= 11 is 3.18. The lowest BCUT2D eigenvalue weighted by atomic mass is 9.97. The molecule has 0 aromatic heterocycles. The Kier molecular flexibility index (Phi) is 4.19. The topological polar surface area (TPSA) is 63.4 Å². The minimum Gasteiger partial charge on any atom is -0.369 e. The van der Waals surface area contributed by atoms with Crippen molar-refractivity contribution < 1.29 is 14.0 Å². The van der Waals surface area contributed by atoms with Crippen molar-refractivity contribution in [1.82, 2.24) is 4.90 Å². The second-order valence-electron chi connectivity index (χ2n) is 4.62. The number of amides is 2. The third-order valence-corrected chi connectivity index (χ3v) is 3.93. The van der Waals surface area contributed by atoms with Crippen molar-refractivity contribution >= 4 is 27.7 Å². The summed E-state index contributed by atoms with van der Waals surface area (Å²) in [5.74, 6) is -1.29. The summed E-state index contributed by atoms with van der Waals surface area (Å²) in [4.78, 5) is 25.1. The van der Waals surface area contributed by atoms with Crippen LogP contribution in [0.4, 0.5) is 4.39 Å². The van der Waals surface area contributed by atoms with Gasteiger partial charge in [-0.05, 0) is 47.0 Å². The number of halogens is 2. The molecule has 0 saturated carbocycles. The number of rotatable bonds is 2. The first-order valence-electron chi connectivity index (χ1n) is 6.02. The van der Waals surface area contributed by atoms with Crippen LogP contribution in [0, 0.1) is 11.7 Å². The Hall–Kier alpha value is -1.43. The van der Waals surface area contributed by atoms with Crippen LogP contribution in [0.1, 0.15) is 23.2 Å². The van der Waals surface area contributed by atoms with Crippen molar-refractivity contribution in [2.45, 2.75) is 12.8 Å². The highest BCUT2D eigenvalue weighted by Gasteiger charge is 2.28. The fraction of sp³-hybridized carbons (Fsp3) is 0.385. The van der Waals surface area contributed by atoms with Gasteiger partial charge in [0, 0.05) is 17.6 Å². The van der Waals surface area contributed by atoms with Gasteiger partial charge in [-0.1, -0.05) is 0 Å². The van der Waals surface area contributed by atoms with Crippen molar-refractivity contribution in [1.29, 1.82) is 0 Å². The molecule has 0 spiro atoms. The number of hydrogen-bond donors (Lipinski definition) is 1. The van der Waals surface area contributed by atoms with Gasteiger partial charge in [0.05, 0.1) is 11.5 Å². The Morgan fingerprint density at radius 2 is 2.16 bits per heavy atom. The third-order valence-electron chi connectivity index (χ3n) is 3.27. The molecule has 6 heteroatoms. The summed E-state index contributed by atoms with van der Waals surface area (Å²) < 4.78 is 13.4. The van der Waals surface area contributed by atoms with Crippen LogP contribution in [-0.2, 0) is 4.79 Å². The summed E-state index contributed by atoms with van der Waals surface area (Å²) in [6.45, 7) is 0.921.